The van der Waals surface area contributed by atoms with Crippen LogP contribution in [0.3, 0.4) is 0 Å². The fraction of sp³-hybridized carbons (Fsp3) is 0.391. The summed E-state index contributed by atoms with van der Waals surface area (Å²) in [7, 11) is 1.68. The molecular formula is C23H21ClF2N2O3S. The Morgan fingerprint density at radius 2 is 1.91 bits per heavy atom. The first-order chi connectivity index (χ1) is 15.1. The fourth-order valence-electron chi connectivity index (χ4n) is 5.39. The van der Waals surface area contributed by atoms with Crippen LogP contribution in [-0.2, 0) is 11.3 Å². The van der Waals surface area contributed by atoms with Gasteiger partial charge in [-0.1, -0.05) is 11.6 Å². The highest BCUT2D eigenvalue weighted by atomic mass is 35.5. The van der Waals surface area contributed by atoms with Crippen LogP contribution in [0.15, 0.2) is 32.7 Å². The van der Waals surface area contributed by atoms with Gasteiger partial charge < -0.3 is 4.74 Å². The summed E-state index contributed by atoms with van der Waals surface area (Å²) < 4.78 is 36.0. The molecule has 0 bridgehead atoms. The average molecular weight is 479 g/mol. The molecule has 1 spiro atoms. The van der Waals surface area contributed by atoms with E-state index in [2.05, 4.69) is 4.98 Å². The Morgan fingerprint density at radius 3 is 2.59 bits per heavy atom. The highest BCUT2D eigenvalue weighted by molar-refractivity contribution is 7.99. The number of hydrogen-bond donors (Lipinski definition) is 1. The SMILES string of the molecule is COC1(C)CC2(CSc3c(-c4cc(Cl)c(F)cc4F)c(C)cc4c(=O)[nH]c(=O)n(c34)C2)C1. The molecule has 32 heavy (non-hydrogen) atoms. The quantitative estimate of drug-likeness (QED) is 0.533. The van der Waals surface area contributed by atoms with E-state index in [4.69, 9.17) is 16.3 Å². The number of aryl methyl sites for hydroxylation is 1. The molecule has 0 radical (unpaired) electrons. The Bertz CT molecular complexity index is 1410. The van der Waals surface area contributed by atoms with Crippen molar-refractivity contribution in [1.29, 1.82) is 0 Å². The van der Waals surface area contributed by atoms with Gasteiger partial charge in [-0.25, -0.2) is 13.6 Å². The van der Waals surface area contributed by atoms with Gasteiger partial charge in [0.15, 0.2) is 0 Å². The molecular weight excluding hydrogens is 458 g/mol. The predicted molar refractivity (Wildman–Crippen MR) is 122 cm³/mol. The zero-order valence-electron chi connectivity index (χ0n) is 17.8. The summed E-state index contributed by atoms with van der Waals surface area (Å²) in [6.07, 6.45) is 1.52. The van der Waals surface area contributed by atoms with Crippen LogP contribution in [0.1, 0.15) is 25.3 Å². The van der Waals surface area contributed by atoms with E-state index in [1.165, 1.54) is 17.8 Å². The lowest BCUT2D eigenvalue weighted by molar-refractivity contribution is -0.135. The molecule has 2 aromatic carbocycles. The molecule has 5 nitrogen and oxygen atoms in total. The summed E-state index contributed by atoms with van der Waals surface area (Å²) in [6.45, 7) is 4.23. The molecule has 2 aliphatic rings. The summed E-state index contributed by atoms with van der Waals surface area (Å²) in [5, 5.41) is 0.175. The normalized spacial score (nSPS) is 24.6. The number of methoxy groups -OCH3 is 1. The standard InChI is InChI=1S/C23H21ClF2N2O3S/c1-11-4-13-18-19(17(11)12-5-14(24)16(26)6-15(12)25)32-10-23(7-22(2,8-23)31-3)9-28(18)21(30)27-20(13)29/h4-6H,7-10H2,1-3H3,(H,27,29,30). The Kier molecular flexibility index (Phi) is 4.86. The molecule has 0 saturated heterocycles. The van der Waals surface area contributed by atoms with Crippen LogP contribution in [0.25, 0.3) is 22.0 Å². The predicted octanol–water partition coefficient (Wildman–Crippen LogP) is 4.89. The van der Waals surface area contributed by atoms with Crippen molar-refractivity contribution in [2.45, 2.75) is 43.7 Å². The lowest BCUT2D eigenvalue weighted by atomic mass is 9.60. The monoisotopic (exact) mass is 478 g/mol. The maximum Gasteiger partial charge on any atom is 0.328 e. The molecule has 0 unspecified atom stereocenters. The Labute approximate surface area is 191 Å². The molecule has 1 saturated carbocycles. The number of rotatable bonds is 2. The van der Waals surface area contributed by atoms with Gasteiger partial charge in [0.05, 0.1) is 21.5 Å². The minimum atomic E-state index is -0.842. The topological polar surface area (TPSA) is 64.1 Å². The van der Waals surface area contributed by atoms with Gasteiger partial charge in [-0.2, -0.15) is 0 Å². The summed E-state index contributed by atoms with van der Waals surface area (Å²) in [5.41, 5.74) is 0.335. The second kappa shape index (κ2) is 7.17. The first kappa shape index (κ1) is 21.7. The van der Waals surface area contributed by atoms with Gasteiger partial charge in [0, 0.05) is 46.9 Å². The first-order valence-corrected chi connectivity index (χ1v) is 11.6. The Morgan fingerprint density at radius 1 is 1.19 bits per heavy atom. The van der Waals surface area contributed by atoms with Crippen LogP contribution >= 0.6 is 23.4 Å². The van der Waals surface area contributed by atoms with E-state index >= 15 is 0 Å². The molecule has 0 atom stereocenters. The van der Waals surface area contributed by atoms with E-state index in [0.29, 0.717) is 39.2 Å². The van der Waals surface area contributed by atoms with Crippen LogP contribution in [-0.4, -0.2) is 28.0 Å². The van der Waals surface area contributed by atoms with Crippen molar-refractivity contribution in [2.75, 3.05) is 12.9 Å². The van der Waals surface area contributed by atoms with Crippen LogP contribution in [0.5, 0.6) is 0 Å². The zero-order chi connectivity index (χ0) is 23.0. The highest BCUT2D eigenvalue weighted by Gasteiger charge is 2.53. The van der Waals surface area contributed by atoms with Gasteiger partial charge in [0.25, 0.3) is 5.56 Å². The molecule has 1 aliphatic carbocycles. The molecule has 1 N–H and O–H groups in total. The van der Waals surface area contributed by atoms with Crippen molar-refractivity contribution in [2.24, 2.45) is 5.41 Å². The van der Waals surface area contributed by atoms with Crippen LogP contribution < -0.4 is 11.2 Å². The van der Waals surface area contributed by atoms with Crippen LogP contribution in [0.2, 0.25) is 5.02 Å². The number of aromatic nitrogens is 2. The third-order valence-electron chi connectivity index (χ3n) is 6.72. The Hall–Kier alpha value is -2.16. The zero-order valence-corrected chi connectivity index (χ0v) is 19.3. The summed E-state index contributed by atoms with van der Waals surface area (Å²) in [6, 6.07) is 3.68. The third-order valence-corrected chi connectivity index (χ3v) is 8.45. The molecule has 2 heterocycles. The lowest BCUT2D eigenvalue weighted by Gasteiger charge is -2.53. The smallest absolute Gasteiger partial charge is 0.328 e. The second-order valence-electron chi connectivity index (χ2n) is 9.18. The minimum Gasteiger partial charge on any atom is -0.378 e. The lowest BCUT2D eigenvalue weighted by Crippen LogP contribution is -2.55. The number of halogens is 3. The van der Waals surface area contributed by atoms with Crippen molar-refractivity contribution < 1.29 is 13.5 Å². The second-order valence-corrected chi connectivity index (χ2v) is 10.6. The van der Waals surface area contributed by atoms with Crippen molar-refractivity contribution in [3.8, 4) is 11.1 Å². The van der Waals surface area contributed by atoms with Crippen LogP contribution in [0.4, 0.5) is 8.78 Å². The molecule has 1 aromatic heterocycles. The third kappa shape index (κ3) is 3.15. The van der Waals surface area contributed by atoms with Crippen molar-refractivity contribution in [3.05, 3.63) is 61.3 Å². The molecule has 1 fully saturated rings. The largest absolute Gasteiger partial charge is 0.378 e. The number of nitrogens with one attached hydrogen (secondary N) is 1. The number of thioether (sulfide) groups is 1. The van der Waals surface area contributed by atoms with Crippen LogP contribution in [0, 0.1) is 24.0 Å². The molecule has 0 amide bonds. The van der Waals surface area contributed by atoms with Gasteiger partial charge in [0.2, 0.25) is 0 Å². The molecule has 3 aromatic rings. The number of hydrogen-bond acceptors (Lipinski definition) is 4. The van der Waals surface area contributed by atoms with E-state index in [9.17, 15) is 18.4 Å². The van der Waals surface area contributed by atoms with Gasteiger partial charge >= 0.3 is 5.69 Å². The summed E-state index contributed by atoms with van der Waals surface area (Å²) in [4.78, 5) is 28.6. The van der Waals surface area contributed by atoms with Gasteiger partial charge in [-0.3, -0.25) is 14.3 Å². The summed E-state index contributed by atoms with van der Waals surface area (Å²) in [5.74, 6) is -0.923. The average Bonchev–Trinajstić information content (AvgIpc) is 2.87. The van der Waals surface area contributed by atoms with Crippen molar-refractivity contribution in [3.63, 3.8) is 0 Å². The number of H-pyrrole nitrogens is 1. The molecule has 168 valence electrons. The Balaban J connectivity index is 1.81. The maximum absolute atomic E-state index is 14.9. The maximum atomic E-state index is 14.9. The van der Waals surface area contributed by atoms with E-state index in [-0.39, 0.29) is 21.6 Å². The number of ether oxygens (including phenoxy) is 1. The minimum absolute atomic E-state index is 0.142. The molecule has 9 heteroatoms. The molecule has 5 rings (SSSR count). The number of nitrogens with zero attached hydrogens (tertiary/aromatic N) is 1. The van der Waals surface area contributed by atoms with E-state index in [1.54, 1.807) is 24.7 Å². The summed E-state index contributed by atoms with van der Waals surface area (Å²) >= 11 is 7.48. The van der Waals surface area contributed by atoms with Crippen molar-refractivity contribution in [1.82, 2.24) is 9.55 Å². The fourth-order valence-corrected chi connectivity index (χ4v) is 7.07. The van der Waals surface area contributed by atoms with Gasteiger partial charge in [-0.05, 0) is 44.4 Å². The molecule has 1 aliphatic heterocycles. The van der Waals surface area contributed by atoms with Gasteiger partial charge in [-0.15, -0.1) is 11.8 Å². The number of benzene rings is 2. The van der Waals surface area contributed by atoms with Crippen molar-refractivity contribution >= 4 is 34.3 Å². The number of aromatic amines is 1. The van der Waals surface area contributed by atoms with Gasteiger partial charge in [0.1, 0.15) is 11.6 Å². The first-order valence-electron chi connectivity index (χ1n) is 10.2. The highest BCUT2D eigenvalue weighted by Crippen LogP contribution is 2.56. The van der Waals surface area contributed by atoms with E-state index in [1.807, 2.05) is 6.92 Å². The van der Waals surface area contributed by atoms with E-state index in [0.717, 1.165) is 18.9 Å². The van der Waals surface area contributed by atoms with E-state index < -0.39 is 22.9 Å².